The van der Waals surface area contributed by atoms with Gasteiger partial charge in [0.25, 0.3) is 0 Å². The number of halogens is 1. The zero-order valence-electron chi connectivity index (χ0n) is 21.7. The number of nitriles is 1. The van der Waals surface area contributed by atoms with Crippen molar-refractivity contribution in [1.29, 1.82) is 5.26 Å². The molecule has 0 aliphatic carbocycles. The summed E-state index contributed by atoms with van der Waals surface area (Å²) in [6.07, 6.45) is 10.6. The minimum absolute atomic E-state index is 0. The molecule has 4 rings (SSSR count). The Balaban J connectivity index is 0.00000158. The van der Waals surface area contributed by atoms with E-state index >= 15 is 0 Å². The summed E-state index contributed by atoms with van der Waals surface area (Å²) in [5, 5.41) is 16.0. The summed E-state index contributed by atoms with van der Waals surface area (Å²) in [6, 6.07) is 7.89. The average molecular weight is 747 g/mol. The fourth-order valence-electron chi connectivity index (χ4n) is 4.69. The molecular formula is C29H33FN3Nd2O-3. The summed E-state index contributed by atoms with van der Waals surface area (Å²) in [6.45, 7) is 15.0. The van der Waals surface area contributed by atoms with Crippen LogP contribution in [0.1, 0.15) is 58.1 Å². The van der Waals surface area contributed by atoms with Crippen LogP contribution in [0.25, 0.3) is 5.57 Å². The van der Waals surface area contributed by atoms with Gasteiger partial charge in [-0.25, -0.2) is 22.1 Å². The molecule has 1 aromatic carbocycles. The van der Waals surface area contributed by atoms with Crippen molar-refractivity contribution >= 4 is 5.57 Å². The number of ether oxygens (including phenoxy) is 1. The first-order valence-electron chi connectivity index (χ1n) is 11.7. The van der Waals surface area contributed by atoms with Crippen molar-refractivity contribution in [2.45, 2.75) is 52.5 Å². The first kappa shape index (κ1) is 33.5. The molecular weight excluding hydrogens is 714 g/mol. The minimum atomic E-state index is -0.543. The van der Waals surface area contributed by atoms with E-state index in [0.29, 0.717) is 18.0 Å². The van der Waals surface area contributed by atoms with Crippen LogP contribution >= 0.6 is 0 Å². The fraction of sp³-hybridized carbons (Fsp3) is 0.345. The molecule has 0 radical (unpaired) electrons. The van der Waals surface area contributed by atoms with Crippen molar-refractivity contribution in [2.24, 2.45) is 0 Å². The van der Waals surface area contributed by atoms with Crippen LogP contribution in [0, 0.1) is 117 Å². The zero-order valence-corrected chi connectivity index (χ0v) is 28.1. The van der Waals surface area contributed by atoms with Crippen LogP contribution in [0.3, 0.4) is 0 Å². The number of hydrogen-bond donors (Lipinski definition) is 2. The van der Waals surface area contributed by atoms with Gasteiger partial charge in [-0.2, -0.15) is 22.8 Å². The van der Waals surface area contributed by atoms with Crippen molar-refractivity contribution < 1.29 is 90.8 Å². The monoisotopic (exact) mass is 742 g/mol. The van der Waals surface area contributed by atoms with E-state index < -0.39 is 5.82 Å². The van der Waals surface area contributed by atoms with Crippen LogP contribution < -0.4 is 10.6 Å². The Morgan fingerprint density at radius 1 is 1.25 bits per heavy atom. The number of allylic oxidation sites excluding steroid dienone is 5. The van der Waals surface area contributed by atoms with Crippen LogP contribution in [-0.4, -0.2) is 19.2 Å². The second kappa shape index (κ2) is 15.2. The van der Waals surface area contributed by atoms with Gasteiger partial charge in [-0.1, -0.05) is 51.8 Å². The minimum Gasteiger partial charge on any atom is -0.483 e. The number of nitrogens with one attached hydrogen (secondary N) is 2. The van der Waals surface area contributed by atoms with Crippen LogP contribution in [-0.2, 0) is 4.74 Å². The number of methoxy groups -OCH3 is 1. The largest absolute Gasteiger partial charge is 0.483 e. The fourth-order valence-corrected chi connectivity index (χ4v) is 4.69. The van der Waals surface area contributed by atoms with Crippen molar-refractivity contribution in [3.05, 3.63) is 101 Å². The third-order valence-corrected chi connectivity index (χ3v) is 6.46. The van der Waals surface area contributed by atoms with Crippen molar-refractivity contribution in [2.75, 3.05) is 13.7 Å². The molecule has 1 atom stereocenters. The molecule has 3 heterocycles. The van der Waals surface area contributed by atoms with Gasteiger partial charge in [-0.05, 0) is 23.7 Å². The predicted molar refractivity (Wildman–Crippen MR) is 135 cm³/mol. The van der Waals surface area contributed by atoms with Gasteiger partial charge in [-0.3, -0.25) is 6.58 Å². The molecule has 2 saturated heterocycles. The Kier molecular flexibility index (Phi) is 14.1. The third-order valence-electron chi connectivity index (χ3n) is 6.46. The van der Waals surface area contributed by atoms with Crippen LogP contribution in [0.4, 0.5) is 4.39 Å². The summed E-state index contributed by atoms with van der Waals surface area (Å²) in [7, 11) is 1.61. The summed E-state index contributed by atoms with van der Waals surface area (Å²) < 4.78 is 19.8. The topological polar surface area (TPSA) is 57.1 Å². The molecule has 4 nitrogen and oxygen atoms in total. The first-order valence-corrected chi connectivity index (χ1v) is 11.7. The summed E-state index contributed by atoms with van der Waals surface area (Å²) in [4.78, 5) is 0. The molecule has 188 valence electrons. The number of dihydropyridines is 1. The van der Waals surface area contributed by atoms with E-state index in [9.17, 15) is 4.39 Å². The first-order chi connectivity index (χ1) is 16.4. The average Bonchev–Trinajstić information content (AvgIpc) is 3.41. The van der Waals surface area contributed by atoms with E-state index in [4.69, 9.17) is 16.6 Å². The van der Waals surface area contributed by atoms with Gasteiger partial charge in [0.2, 0.25) is 0 Å². The van der Waals surface area contributed by atoms with Crippen LogP contribution in [0.2, 0.25) is 0 Å². The van der Waals surface area contributed by atoms with Gasteiger partial charge in [-0.15, -0.1) is 12.0 Å². The molecule has 0 saturated carbocycles. The zero-order chi connectivity index (χ0) is 24.9. The van der Waals surface area contributed by atoms with Crippen molar-refractivity contribution in [1.82, 2.24) is 10.6 Å². The van der Waals surface area contributed by atoms with Crippen molar-refractivity contribution in [3.8, 4) is 6.07 Å². The maximum atomic E-state index is 14.5. The number of nitrogens with zero attached hydrogens (tertiary/aromatic N) is 1. The van der Waals surface area contributed by atoms with Gasteiger partial charge >= 0.3 is 0 Å². The maximum absolute atomic E-state index is 14.5. The second-order valence-electron chi connectivity index (χ2n) is 8.73. The second-order valence-corrected chi connectivity index (χ2v) is 8.73. The van der Waals surface area contributed by atoms with Gasteiger partial charge in [0.15, 0.2) is 5.88 Å². The number of benzene rings is 1. The molecule has 2 fully saturated rings. The van der Waals surface area contributed by atoms with Gasteiger partial charge < -0.3 is 27.3 Å². The number of rotatable bonds is 6. The Labute approximate surface area is 281 Å². The van der Waals surface area contributed by atoms with E-state index in [2.05, 4.69) is 30.6 Å². The molecule has 3 aliphatic rings. The Bertz CT molecular complexity index is 1120. The van der Waals surface area contributed by atoms with E-state index in [0.717, 1.165) is 41.6 Å². The Morgan fingerprint density at radius 2 is 1.97 bits per heavy atom. The standard InChI is InChI=1S/C27H27FN3O.C2H6.2Nd/c1-5-21(20-8-9-26(32-4)30-16-20)22(18-6-7-19(15-29)24(28)13-18)12-17(2)23-14-27(3)11-10-25(23)31-27;1-2;;/h1,5-9,12-13,30-31H,10-11,14,16H2,2-4H3;1-2H3;;/q-3;;;/b17-12+,22-21-;;;/t27-;;;/m1.../s1. The van der Waals surface area contributed by atoms with Gasteiger partial charge in [0.05, 0.1) is 12.7 Å². The summed E-state index contributed by atoms with van der Waals surface area (Å²) in [5.74, 6) is 1.45. The van der Waals surface area contributed by atoms with E-state index in [1.54, 1.807) is 19.3 Å². The molecule has 0 amide bonds. The molecule has 2 N–H and O–H groups in total. The quantitative estimate of drug-likeness (QED) is 0.274. The molecule has 0 aromatic heterocycles. The molecule has 1 aromatic rings. The predicted octanol–water partition coefficient (Wildman–Crippen LogP) is 6.08. The summed E-state index contributed by atoms with van der Waals surface area (Å²) in [5.41, 5.74) is 4.54. The summed E-state index contributed by atoms with van der Waals surface area (Å²) >= 11 is 0. The van der Waals surface area contributed by atoms with Crippen LogP contribution in [0.5, 0.6) is 0 Å². The maximum Gasteiger partial charge on any atom is 0.186 e. The number of hydrogen-bond acceptors (Lipinski definition) is 4. The Morgan fingerprint density at radius 3 is 2.44 bits per heavy atom. The Hall–Kier alpha value is -0.529. The smallest absolute Gasteiger partial charge is 0.186 e. The number of fused-ring (bicyclic) bond motifs is 2. The normalized spacial score (nSPS) is 21.2. The molecule has 0 unspecified atom stereocenters. The van der Waals surface area contributed by atoms with Crippen LogP contribution in [0.15, 0.2) is 65.1 Å². The molecule has 7 heteroatoms. The molecule has 0 spiro atoms. The van der Waals surface area contributed by atoms with E-state index in [1.165, 1.54) is 24.1 Å². The van der Waals surface area contributed by atoms with Gasteiger partial charge in [0.1, 0.15) is 11.9 Å². The van der Waals surface area contributed by atoms with Gasteiger partial charge in [0, 0.05) is 88.2 Å². The molecule has 2 bridgehead atoms. The SMILES string of the molecule is CC.[CH-]=C/C(C1=CC=C(OC)NC1)=C(\C=C(/C)[C-]1C[C@@]2(C)CC[C-]1N2)c1ccc(C#N)c(F)c1.[Nd].[Nd]. The molecule has 36 heavy (non-hydrogen) atoms. The van der Waals surface area contributed by atoms with E-state index in [1.807, 2.05) is 32.1 Å². The third kappa shape index (κ3) is 7.53. The molecule has 3 aliphatic heterocycles. The van der Waals surface area contributed by atoms with Crippen molar-refractivity contribution in [3.63, 3.8) is 0 Å². The van der Waals surface area contributed by atoms with E-state index in [-0.39, 0.29) is 92.8 Å².